The van der Waals surface area contributed by atoms with Crippen molar-refractivity contribution in [3.8, 4) is 0 Å². The topological polar surface area (TPSA) is 438 Å². The van der Waals surface area contributed by atoms with Crippen LogP contribution in [0.3, 0.4) is 0 Å². The molecule has 0 unspecified atom stereocenters. The van der Waals surface area contributed by atoms with E-state index in [1.807, 2.05) is 34.6 Å². The van der Waals surface area contributed by atoms with Crippen LogP contribution in [0.2, 0.25) is 0 Å². The maximum Gasteiger partial charge on any atom is 0.314 e. The Morgan fingerprint density at radius 3 is 1.98 bits per heavy atom. The van der Waals surface area contributed by atoms with Gasteiger partial charge in [0.1, 0.15) is 103 Å². The largest absolute Gasteiger partial charge is 0.726 e. The molecule has 27 atom stereocenters. The van der Waals surface area contributed by atoms with Crippen molar-refractivity contribution in [2.45, 2.75) is 235 Å². The number of esters is 1. The van der Waals surface area contributed by atoms with E-state index in [0.717, 1.165) is 12.7 Å². The summed E-state index contributed by atoms with van der Waals surface area (Å²) in [7, 11) is -9.81. The van der Waals surface area contributed by atoms with E-state index in [2.05, 4.69) is 21.4 Å². The second-order valence-electron chi connectivity index (χ2n) is 26.3. The predicted octanol–water partition coefficient (Wildman–Crippen LogP) is -1.98. The van der Waals surface area contributed by atoms with Gasteiger partial charge in [-0.3, -0.25) is 22.7 Å². The molecule has 85 heavy (non-hydrogen) atoms. The Balaban J connectivity index is 0.919. The first-order chi connectivity index (χ1) is 39.5. The smallest absolute Gasteiger partial charge is 0.314 e. The van der Waals surface area contributed by atoms with E-state index >= 15 is 0 Å². The minimum Gasteiger partial charge on any atom is -0.726 e. The van der Waals surface area contributed by atoms with E-state index in [0.29, 0.717) is 38.5 Å². The van der Waals surface area contributed by atoms with Gasteiger partial charge in [0.2, 0.25) is 20.8 Å². The van der Waals surface area contributed by atoms with Crippen molar-refractivity contribution in [1.82, 2.24) is 0 Å². The number of hydrogen-bond donors (Lipinski definition) is 8. The van der Waals surface area contributed by atoms with E-state index in [1.54, 1.807) is 6.92 Å². The zero-order valence-electron chi connectivity index (χ0n) is 48.7. The average molecular weight is 1260 g/mol. The molecule has 8 fully saturated rings. The lowest BCUT2D eigenvalue weighted by Crippen LogP contribution is -2.67. The number of aliphatic hydroxyl groups excluding tert-OH is 8. The van der Waals surface area contributed by atoms with Crippen LogP contribution in [0.5, 0.6) is 0 Å². The van der Waals surface area contributed by atoms with E-state index in [4.69, 9.17) is 47.4 Å². The van der Waals surface area contributed by atoms with Crippen LogP contribution in [0, 0.1) is 45.3 Å². The molecule has 4 aliphatic carbocycles. The number of allylic oxidation sites excluding steroid dienone is 2. The van der Waals surface area contributed by atoms with Crippen LogP contribution in [0.15, 0.2) is 11.6 Å². The van der Waals surface area contributed by atoms with Gasteiger partial charge in [-0.2, -0.15) is 0 Å². The molecule has 0 aromatic rings. The molecule has 0 bridgehead atoms. The number of cyclic esters (lactones) is 1. The quantitative estimate of drug-likeness (QED) is 0.0301. The molecule has 0 aromatic heterocycles. The summed E-state index contributed by atoms with van der Waals surface area (Å²) in [6.45, 7) is 12.4. The molecule has 3 saturated carbocycles. The number of rotatable bonds is 19. The molecule has 29 nitrogen and oxygen atoms in total. The van der Waals surface area contributed by atoms with Crippen molar-refractivity contribution >= 4 is 38.3 Å². The van der Waals surface area contributed by atoms with Crippen molar-refractivity contribution in [3.63, 3.8) is 0 Å². The highest BCUT2D eigenvalue weighted by atomic mass is 32.3. The number of ether oxygens (including phenoxy) is 10. The minimum atomic E-state index is -5.48. The summed E-state index contributed by atoms with van der Waals surface area (Å²) in [6.07, 6.45) is -31.0. The van der Waals surface area contributed by atoms with E-state index in [1.165, 1.54) is 6.92 Å². The molecule has 0 aromatic carbocycles. The third-order valence-electron chi connectivity index (χ3n) is 20.2. The lowest BCUT2D eigenvalue weighted by Gasteiger charge is -2.63. The second kappa shape index (κ2) is 24.3. The van der Waals surface area contributed by atoms with Gasteiger partial charge in [0.25, 0.3) is 0 Å². The van der Waals surface area contributed by atoms with Crippen LogP contribution in [0.4, 0.5) is 0 Å². The fourth-order valence-electron chi connectivity index (χ4n) is 16.3. The molecule has 486 valence electrons. The fourth-order valence-corrected chi connectivity index (χ4v) is 17.1. The Hall–Kier alpha value is -2.39. The molecular weight excluding hydrogens is 1180 g/mol. The van der Waals surface area contributed by atoms with Crippen molar-refractivity contribution in [1.29, 1.82) is 0 Å². The second-order valence-corrected chi connectivity index (χ2v) is 28.3. The van der Waals surface area contributed by atoms with Gasteiger partial charge in [0, 0.05) is 31.8 Å². The number of hydrogen-bond acceptors (Lipinski definition) is 29. The molecule has 31 heteroatoms. The molecule has 5 heterocycles. The van der Waals surface area contributed by atoms with Crippen molar-refractivity contribution < 1.29 is 137 Å². The predicted molar refractivity (Wildman–Crippen MR) is 278 cm³/mol. The monoisotopic (exact) mass is 1260 g/mol. The molecule has 0 amide bonds. The molecule has 1 spiro atoms. The Labute approximate surface area is 492 Å². The molecule has 9 aliphatic rings. The number of carbonyl (C=O) groups is 3. The number of carbonyl (C=O) groups excluding carboxylic acids is 3. The van der Waals surface area contributed by atoms with E-state index in [9.17, 15) is 81.2 Å². The Kier molecular flexibility index (Phi) is 19.2. The summed E-state index contributed by atoms with van der Waals surface area (Å²) < 4.78 is 138. The van der Waals surface area contributed by atoms with Crippen LogP contribution in [-0.4, -0.2) is 240 Å². The molecule has 0 radical (unpaired) electrons. The van der Waals surface area contributed by atoms with Gasteiger partial charge in [0.15, 0.2) is 25.2 Å². The third kappa shape index (κ3) is 12.1. The maximum atomic E-state index is 14.4. The number of aliphatic hydroxyl groups is 8. The lowest BCUT2D eigenvalue weighted by molar-refractivity contribution is -0.389. The standard InChI is InChI=1S/C54H84O29S2/c1-22(2)16-24(56)17-53(8)44-27(57)18-52(7)26-10-11-31-50(4,5)32(13-14-51(31,6)25(26)12-15-54(44,52)49(65)82-53)78-48-43(35(60)30(20-73-48)83-85(69,70)71)81-45-37(62)36(61)40(23(3)75-45)79-47-39(64)42(34(59)29(77-47)21-74-84(66,67)68)80-46-38(63)41(72-9)33(58)28(19-55)76-46/h10,22-23,25,28-48,55,58-64H,11-21H2,1-9H3,(H,66,67,68)(H,69,70,71)/p-2/t23-,25-,28-,29-,30-,31+,32+,33-,34-,35+,36-,37-,38-,39-,40-,41+,42+,43-,44-,45+,46+,47+,48+,51-,52+,53+,54-/m1/s1. The molecule has 5 aliphatic heterocycles. The highest BCUT2D eigenvalue weighted by Gasteiger charge is 2.79. The third-order valence-corrected chi connectivity index (χ3v) is 21.1. The summed E-state index contributed by atoms with van der Waals surface area (Å²) in [4.78, 5) is 42.0. The number of Topliss-reactive ketones (excluding diaryl/α,β-unsaturated/α-hetero) is 2. The Morgan fingerprint density at radius 1 is 0.741 bits per heavy atom. The molecule has 8 N–H and O–H groups in total. The summed E-state index contributed by atoms with van der Waals surface area (Å²) in [6, 6.07) is 0. The van der Waals surface area contributed by atoms with Crippen molar-refractivity contribution in [3.05, 3.63) is 11.6 Å². The first-order valence-electron chi connectivity index (χ1n) is 28.8. The SMILES string of the molecule is CO[C@@H]1[C@@H](O)[C@H](O[C@@H]2[C@@H](O)[C@H](O[C@H]3[C@H](O)[C@@H](O)[C@H](O[C@H]4[C@H](O[C@H]5CC[C@]6(C)[C@@H]7CC[C@]89C(=O)O[C@@](C)(CC(=O)CC(C)C)[C@H]8C(=O)C[C@@]9(C)C7=CC[C@H]6C5(C)C)OC[C@@H](OS(=O)(=O)[O-])[C@@H]4O)O[C@@H]3C)O[C@H](COS(=O)(=O)[O-])[C@H]2O)O[C@H](CO)[C@H]1O. The van der Waals surface area contributed by atoms with E-state index in [-0.39, 0.29) is 42.2 Å². The highest BCUT2D eigenvalue weighted by Crippen LogP contribution is 2.75. The minimum absolute atomic E-state index is 0.0478. The Bertz CT molecular complexity index is 2730. The zero-order valence-corrected chi connectivity index (χ0v) is 50.3. The van der Waals surface area contributed by atoms with Crippen LogP contribution in [-0.2, 0) is 90.9 Å². The van der Waals surface area contributed by atoms with Crippen LogP contribution in [0.25, 0.3) is 0 Å². The van der Waals surface area contributed by atoms with Gasteiger partial charge < -0.3 is 97.3 Å². The van der Waals surface area contributed by atoms with Gasteiger partial charge in [-0.25, -0.2) is 16.8 Å². The van der Waals surface area contributed by atoms with Gasteiger partial charge in [-0.15, -0.1) is 0 Å². The summed E-state index contributed by atoms with van der Waals surface area (Å²) in [5, 5.41) is 89.4. The normalized spacial score (nSPS) is 48.2. The number of fused-ring (bicyclic) bond motifs is 4. The van der Waals surface area contributed by atoms with Gasteiger partial charge >= 0.3 is 5.97 Å². The summed E-state index contributed by atoms with van der Waals surface area (Å²) in [5.74, 6) is -1.50. The van der Waals surface area contributed by atoms with Crippen LogP contribution in [0.1, 0.15) is 107 Å². The number of ketones is 2. The summed E-state index contributed by atoms with van der Waals surface area (Å²) in [5.41, 5.74) is -3.41. The molecular formula is C54H82O29S2-2. The zero-order chi connectivity index (χ0) is 62.6. The lowest BCUT2D eigenvalue weighted by atomic mass is 9.41. The number of methoxy groups -OCH3 is 1. The van der Waals surface area contributed by atoms with Gasteiger partial charge in [-0.05, 0) is 74.5 Å². The first-order valence-corrected chi connectivity index (χ1v) is 31.5. The fraction of sp³-hybridized carbons (Fsp3) is 0.907. The van der Waals surface area contributed by atoms with Gasteiger partial charge in [0.05, 0.1) is 43.4 Å². The first kappa shape index (κ1) is 67.0. The van der Waals surface area contributed by atoms with Crippen LogP contribution < -0.4 is 0 Å². The molecule has 9 rings (SSSR count). The summed E-state index contributed by atoms with van der Waals surface area (Å²) >= 11 is 0. The van der Waals surface area contributed by atoms with Crippen LogP contribution >= 0.6 is 0 Å². The molecule has 5 saturated heterocycles. The van der Waals surface area contributed by atoms with Crippen molar-refractivity contribution in [2.75, 3.05) is 26.9 Å². The van der Waals surface area contributed by atoms with Gasteiger partial charge in [-0.1, -0.05) is 53.2 Å². The highest BCUT2D eigenvalue weighted by molar-refractivity contribution is 7.81. The average Bonchev–Trinajstić information content (AvgIpc) is 1.70. The Morgan fingerprint density at radius 2 is 1.35 bits per heavy atom. The maximum absolute atomic E-state index is 14.4. The van der Waals surface area contributed by atoms with Crippen molar-refractivity contribution in [2.24, 2.45) is 45.3 Å². The van der Waals surface area contributed by atoms with E-state index < -0.39 is 203 Å².